The minimum Gasteiger partial charge on any atom is -0.496 e. The van der Waals surface area contributed by atoms with E-state index in [4.69, 9.17) is 10.5 Å². The van der Waals surface area contributed by atoms with E-state index < -0.39 is 0 Å². The number of methoxy groups -OCH3 is 1. The van der Waals surface area contributed by atoms with Gasteiger partial charge in [-0.25, -0.2) is 4.99 Å². The summed E-state index contributed by atoms with van der Waals surface area (Å²) >= 11 is 0. The van der Waals surface area contributed by atoms with Crippen molar-refractivity contribution in [2.24, 2.45) is 10.7 Å². The lowest BCUT2D eigenvalue weighted by Crippen LogP contribution is -2.32. The van der Waals surface area contributed by atoms with Gasteiger partial charge in [-0.1, -0.05) is 38.3 Å². The van der Waals surface area contributed by atoms with Gasteiger partial charge in [-0.05, 0) is 30.5 Å². The smallest absolute Gasteiger partial charge is 0.188 e. The van der Waals surface area contributed by atoms with Gasteiger partial charge in [0.05, 0.1) is 13.7 Å². The number of nitrogens with two attached hydrogens (primary N) is 1. The van der Waals surface area contributed by atoms with Crippen molar-refractivity contribution >= 4 is 5.96 Å². The predicted molar refractivity (Wildman–Crippen MR) is 85.2 cm³/mol. The van der Waals surface area contributed by atoms with Crippen LogP contribution in [0.4, 0.5) is 0 Å². The van der Waals surface area contributed by atoms with Crippen molar-refractivity contribution in [1.82, 2.24) is 5.32 Å². The molecule has 0 spiro atoms. The van der Waals surface area contributed by atoms with Crippen molar-refractivity contribution in [3.8, 4) is 5.75 Å². The Kier molecular flexibility index (Phi) is 7.55. The molecule has 0 radical (unpaired) electrons. The molecule has 0 fully saturated rings. The molecule has 0 amide bonds. The van der Waals surface area contributed by atoms with Crippen molar-refractivity contribution in [2.75, 3.05) is 13.7 Å². The zero-order chi connectivity index (χ0) is 14.8. The standard InChI is InChI=1S/C16H27N3O/c1-4-5-6-7-10-18-16(17)19-12-14-8-9-15(20-3)13(2)11-14/h8-9,11H,4-7,10,12H2,1-3H3,(H3,17,18,19). The highest BCUT2D eigenvalue weighted by Gasteiger charge is 1.99. The summed E-state index contributed by atoms with van der Waals surface area (Å²) in [6.07, 6.45) is 4.92. The fourth-order valence-electron chi connectivity index (χ4n) is 2.04. The van der Waals surface area contributed by atoms with Gasteiger partial charge < -0.3 is 15.8 Å². The summed E-state index contributed by atoms with van der Waals surface area (Å²) in [7, 11) is 1.68. The van der Waals surface area contributed by atoms with Crippen LogP contribution in [0.5, 0.6) is 5.75 Å². The van der Waals surface area contributed by atoms with Crippen LogP contribution in [-0.2, 0) is 6.54 Å². The van der Waals surface area contributed by atoms with E-state index in [-0.39, 0.29) is 0 Å². The Morgan fingerprint density at radius 2 is 2.10 bits per heavy atom. The number of guanidine groups is 1. The molecule has 0 aliphatic heterocycles. The Morgan fingerprint density at radius 1 is 1.30 bits per heavy atom. The van der Waals surface area contributed by atoms with Gasteiger partial charge in [0.2, 0.25) is 0 Å². The van der Waals surface area contributed by atoms with Crippen LogP contribution in [0.2, 0.25) is 0 Å². The lowest BCUT2D eigenvalue weighted by molar-refractivity contribution is 0.411. The highest BCUT2D eigenvalue weighted by molar-refractivity contribution is 5.77. The molecule has 0 bridgehead atoms. The molecule has 0 saturated carbocycles. The van der Waals surface area contributed by atoms with Crippen LogP contribution in [-0.4, -0.2) is 19.6 Å². The van der Waals surface area contributed by atoms with Crippen molar-refractivity contribution in [1.29, 1.82) is 0 Å². The van der Waals surface area contributed by atoms with Gasteiger partial charge >= 0.3 is 0 Å². The number of aliphatic imine (C=N–C) groups is 1. The van der Waals surface area contributed by atoms with Crippen molar-refractivity contribution < 1.29 is 4.74 Å². The third kappa shape index (κ3) is 5.95. The van der Waals surface area contributed by atoms with Crippen LogP contribution < -0.4 is 15.8 Å². The van der Waals surface area contributed by atoms with Crippen LogP contribution in [0.3, 0.4) is 0 Å². The second-order valence-corrected chi connectivity index (χ2v) is 4.99. The molecule has 0 aliphatic rings. The molecule has 0 unspecified atom stereocenters. The third-order valence-corrected chi connectivity index (χ3v) is 3.23. The summed E-state index contributed by atoms with van der Waals surface area (Å²) in [5.74, 6) is 1.43. The summed E-state index contributed by atoms with van der Waals surface area (Å²) in [6, 6.07) is 6.06. The van der Waals surface area contributed by atoms with Crippen LogP contribution in [0.1, 0.15) is 43.7 Å². The second-order valence-electron chi connectivity index (χ2n) is 4.99. The van der Waals surface area contributed by atoms with E-state index in [1.807, 2.05) is 19.1 Å². The summed E-state index contributed by atoms with van der Waals surface area (Å²) in [6.45, 7) is 5.73. The summed E-state index contributed by atoms with van der Waals surface area (Å²) in [4.78, 5) is 4.35. The molecule has 3 N–H and O–H groups in total. The first-order valence-corrected chi connectivity index (χ1v) is 7.34. The maximum Gasteiger partial charge on any atom is 0.188 e. The molecular weight excluding hydrogens is 250 g/mol. The number of hydrogen-bond acceptors (Lipinski definition) is 2. The largest absolute Gasteiger partial charge is 0.496 e. The van der Waals surface area contributed by atoms with E-state index in [0.29, 0.717) is 12.5 Å². The third-order valence-electron chi connectivity index (χ3n) is 3.23. The fraction of sp³-hybridized carbons (Fsp3) is 0.562. The Balaban J connectivity index is 2.36. The Hall–Kier alpha value is -1.71. The molecule has 4 heteroatoms. The van der Waals surface area contributed by atoms with E-state index >= 15 is 0 Å². The van der Waals surface area contributed by atoms with Crippen molar-refractivity contribution in [3.05, 3.63) is 29.3 Å². The minimum atomic E-state index is 0.523. The molecule has 0 saturated heterocycles. The maximum absolute atomic E-state index is 5.84. The number of nitrogens with zero attached hydrogens (tertiary/aromatic N) is 1. The monoisotopic (exact) mass is 277 g/mol. The summed E-state index contributed by atoms with van der Waals surface area (Å²) < 4.78 is 5.24. The molecule has 0 atom stereocenters. The predicted octanol–water partition coefficient (Wildman–Crippen LogP) is 2.99. The van der Waals surface area contributed by atoms with Gasteiger partial charge in [0.1, 0.15) is 5.75 Å². The maximum atomic E-state index is 5.84. The summed E-state index contributed by atoms with van der Waals surface area (Å²) in [5.41, 5.74) is 8.10. The number of nitrogens with one attached hydrogen (secondary N) is 1. The zero-order valence-electron chi connectivity index (χ0n) is 12.9. The minimum absolute atomic E-state index is 0.523. The van der Waals surface area contributed by atoms with Gasteiger partial charge in [-0.2, -0.15) is 0 Å². The van der Waals surface area contributed by atoms with Crippen molar-refractivity contribution in [2.45, 2.75) is 46.1 Å². The molecular formula is C16H27N3O. The van der Waals surface area contributed by atoms with Gasteiger partial charge in [-0.15, -0.1) is 0 Å². The average molecular weight is 277 g/mol. The number of hydrogen-bond donors (Lipinski definition) is 2. The number of benzene rings is 1. The molecule has 1 aromatic carbocycles. The molecule has 4 nitrogen and oxygen atoms in total. The van der Waals surface area contributed by atoms with E-state index in [0.717, 1.165) is 29.8 Å². The van der Waals surface area contributed by atoms with Crippen LogP contribution >= 0.6 is 0 Å². The molecule has 0 aliphatic carbocycles. The molecule has 1 rings (SSSR count). The van der Waals surface area contributed by atoms with Gasteiger partial charge in [0.25, 0.3) is 0 Å². The molecule has 1 aromatic rings. The first-order valence-electron chi connectivity index (χ1n) is 7.34. The van der Waals surface area contributed by atoms with E-state index in [1.54, 1.807) is 7.11 Å². The van der Waals surface area contributed by atoms with Crippen molar-refractivity contribution in [3.63, 3.8) is 0 Å². The molecule has 0 aromatic heterocycles. The molecule has 20 heavy (non-hydrogen) atoms. The Morgan fingerprint density at radius 3 is 2.75 bits per heavy atom. The van der Waals surface area contributed by atoms with Gasteiger partial charge in [0, 0.05) is 6.54 Å². The van der Waals surface area contributed by atoms with Gasteiger partial charge in [0.15, 0.2) is 5.96 Å². The number of unbranched alkanes of at least 4 members (excludes halogenated alkanes) is 3. The normalized spacial score (nSPS) is 11.4. The van der Waals surface area contributed by atoms with Crippen LogP contribution in [0.15, 0.2) is 23.2 Å². The first-order chi connectivity index (χ1) is 9.67. The fourth-order valence-corrected chi connectivity index (χ4v) is 2.04. The average Bonchev–Trinajstić information content (AvgIpc) is 2.45. The van der Waals surface area contributed by atoms with Crippen LogP contribution in [0, 0.1) is 6.92 Å². The lowest BCUT2D eigenvalue weighted by Gasteiger charge is -2.07. The molecule has 0 heterocycles. The van der Waals surface area contributed by atoms with E-state index in [9.17, 15) is 0 Å². The quantitative estimate of drug-likeness (QED) is 0.436. The SMILES string of the molecule is CCCCCCNC(N)=NCc1ccc(OC)c(C)c1. The molecule has 112 valence electrons. The van der Waals surface area contributed by atoms with E-state index in [2.05, 4.69) is 23.3 Å². The lowest BCUT2D eigenvalue weighted by atomic mass is 10.1. The van der Waals surface area contributed by atoms with Crippen LogP contribution in [0.25, 0.3) is 0 Å². The highest BCUT2D eigenvalue weighted by Crippen LogP contribution is 2.18. The second kappa shape index (κ2) is 9.23. The Bertz CT molecular complexity index is 430. The number of aryl methyl sites for hydroxylation is 1. The van der Waals surface area contributed by atoms with E-state index in [1.165, 1.54) is 19.3 Å². The highest BCUT2D eigenvalue weighted by atomic mass is 16.5. The number of ether oxygens (including phenoxy) is 1. The Labute approximate surface area is 122 Å². The zero-order valence-corrected chi connectivity index (χ0v) is 12.9. The van der Waals surface area contributed by atoms with Gasteiger partial charge in [-0.3, -0.25) is 0 Å². The number of rotatable bonds is 8. The topological polar surface area (TPSA) is 59.6 Å². The summed E-state index contributed by atoms with van der Waals surface area (Å²) in [5, 5.41) is 3.15. The first kappa shape index (κ1) is 16.3.